The van der Waals surface area contributed by atoms with Gasteiger partial charge < -0.3 is 10.5 Å². The summed E-state index contributed by atoms with van der Waals surface area (Å²) in [7, 11) is 0. The zero-order valence-corrected chi connectivity index (χ0v) is 9.75. The molecular weight excluding hydrogens is 242 g/mol. The third-order valence-electron chi connectivity index (χ3n) is 2.85. The van der Waals surface area contributed by atoms with E-state index in [4.69, 9.17) is 10.5 Å². The predicted molar refractivity (Wildman–Crippen MR) is 60.6 cm³/mol. The third kappa shape index (κ3) is 1.66. The van der Waals surface area contributed by atoms with E-state index in [9.17, 15) is 0 Å². The Labute approximate surface area is 92.6 Å². The van der Waals surface area contributed by atoms with Crippen LogP contribution in [-0.2, 0) is 0 Å². The summed E-state index contributed by atoms with van der Waals surface area (Å²) in [6.07, 6.45) is 0. The van der Waals surface area contributed by atoms with Crippen LogP contribution in [0.3, 0.4) is 0 Å². The topological polar surface area (TPSA) is 35.2 Å². The van der Waals surface area contributed by atoms with Gasteiger partial charge in [0.25, 0.3) is 0 Å². The quantitative estimate of drug-likeness (QED) is 0.882. The molecule has 0 radical (unpaired) electrons. The van der Waals surface area contributed by atoms with Crippen LogP contribution in [0, 0.1) is 5.92 Å². The highest BCUT2D eigenvalue weighted by Crippen LogP contribution is 2.39. The van der Waals surface area contributed by atoms with Crippen LogP contribution in [0.2, 0.25) is 0 Å². The lowest BCUT2D eigenvalue weighted by molar-refractivity contribution is 0.299. The summed E-state index contributed by atoms with van der Waals surface area (Å²) in [4.78, 5) is 0. The average molecular weight is 256 g/mol. The molecule has 1 heterocycles. The number of fused-ring (bicyclic) bond motifs is 1. The molecule has 0 amide bonds. The fraction of sp³-hybridized carbons (Fsp3) is 0.455. The van der Waals surface area contributed by atoms with Gasteiger partial charge in [-0.05, 0) is 24.6 Å². The highest BCUT2D eigenvalue weighted by molar-refractivity contribution is 9.10. The first-order valence-electron chi connectivity index (χ1n) is 4.84. The lowest BCUT2D eigenvalue weighted by Gasteiger charge is -2.15. The van der Waals surface area contributed by atoms with E-state index in [0.717, 1.165) is 16.8 Å². The molecule has 1 aliphatic heterocycles. The van der Waals surface area contributed by atoms with Gasteiger partial charge in [-0.1, -0.05) is 28.9 Å². The molecule has 1 aromatic carbocycles. The van der Waals surface area contributed by atoms with Crippen molar-refractivity contribution in [1.29, 1.82) is 0 Å². The Balaban J connectivity index is 2.31. The van der Waals surface area contributed by atoms with E-state index in [2.05, 4.69) is 35.0 Å². The second kappa shape index (κ2) is 3.91. The van der Waals surface area contributed by atoms with Gasteiger partial charge in [0.1, 0.15) is 5.75 Å². The first-order chi connectivity index (χ1) is 6.72. The number of rotatable bonds is 2. The van der Waals surface area contributed by atoms with Crippen LogP contribution in [0.4, 0.5) is 0 Å². The van der Waals surface area contributed by atoms with E-state index >= 15 is 0 Å². The maximum Gasteiger partial charge on any atom is 0.124 e. The fourth-order valence-electron chi connectivity index (χ4n) is 1.84. The van der Waals surface area contributed by atoms with Gasteiger partial charge in [-0.25, -0.2) is 0 Å². The summed E-state index contributed by atoms with van der Waals surface area (Å²) in [6.45, 7) is 3.65. The Kier molecular flexibility index (Phi) is 2.79. The average Bonchev–Trinajstić information content (AvgIpc) is 2.59. The zero-order chi connectivity index (χ0) is 10.1. The standard InChI is InChI=1S/C11H14BrNO/c1-7(5-13)10-6-14-11-4-8(12)2-3-9(10)11/h2-4,7,10H,5-6,13H2,1H3. The van der Waals surface area contributed by atoms with Crippen LogP contribution in [0.25, 0.3) is 0 Å². The fourth-order valence-corrected chi connectivity index (χ4v) is 2.18. The van der Waals surface area contributed by atoms with E-state index in [0.29, 0.717) is 18.4 Å². The Bertz CT molecular complexity index is 340. The van der Waals surface area contributed by atoms with Crippen LogP contribution in [-0.4, -0.2) is 13.2 Å². The summed E-state index contributed by atoms with van der Waals surface area (Å²) >= 11 is 3.43. The van der Waals surface area contributed by atoms with Gasteiger partial charge in [0.05, 0.1) is 6.61 Å². The van der Waals surface area contributed by atoms with Crippen molar-refractivity contribution in [3.63, 3.8) is 0 Å². The highest BCUT2D eigenvalue weighted by atomic mass is 79.9. The number of nitrogens with two attached hydrogens (primary N) is 1. The van der Waals surface area contributed by atoms with Crippen molar-refractivity contribution in [3.05, 3.63) is 28.2 Å². The van der Waals surface area contributed by atoms with Gasteiger partial charge in [0.2, 0.25) is 0 Å². The van der Waals surface area contributed by atoms with Crippen LogP contribution < -0.4 is 10.5 Å². The number of halogens is 1. The first kappa shape index (κ1) is 9.99. The summed E-state index contributed by atoms with van der Waals surface area (Å²) in [5.74, 6) is 1.95. The molecule has 1 aliphatic rings. The predicted octanol–water partition coefficient (Wildman–Crippen LogP) is 2.52. The monoisotopic (exact) mass is 255 g/mol. The van der Waals surface area contributed by atoms with Gasteiger partial charge in [0, 0.05) is 16.0 Å². The smallest absolute Gasteiger partial charge is 0.124 e. The summed E-state index contributed by atoms with van der Waals surface area (Å²) < 4.78 is 6.70. The minimum absolute atomic E-state index is 0.461. The van der Waals surface area contributed by atoms with Gasteiger partial charge in [-0.3, -0.25) is 0 Å². The van der Waals surface area contributed by atoms with Crippen molar-refractivity contribution >= 4 is 15.9 Å². The Morgan fingerprint density at radius 1 is 1.64 bits per heavy atom. The largest absolute Gasteiger partial charge is 0.493 e. The minimum Gasteiger partial charge on any atom is -0.493 e. The van der Waals surface area contributed by atoms with Crippen molar-refractivity contribution < 1.29 is 4.74 Å². The molecule has 0 fully saturated rings. The molecule has 0 bridgehead atoms. The summed E-state index contributed by atoms with van der Waals surface area (Å²) in [6, 6.07) is 6.21. The van der Waals surface area contributed by atoms with Gasteiger partial charge in [-0.2, -0.15) is 0 Å². The third-order valence-corrected chi connectivity index (χ3v) is 3.35. The Morgan fingerprint density at radius 3 is 3.14 bits per heavy atom. The minimum atomic E-state index is 0.461. The Morgan fingerprint density at radius 2 is 2.43 bits per heavy atom. The number of benzene rings is 1. The second-order valence-corrected chi connectivity index (χ2v) is 4.73. The lowest BCUT2D eigenvalue weighted by Crippen LogP contribution is -2.20. The first-order valence-corrected chi connectivity index (χ1v) is 5.64. The van der Waals surface area contributed by atoms with E-state index in [1.54, 1.807) is 0 Å². The van der Waals surface area contributed by atoms with Crippen molar-refractivity contribution in [1.82, 2.24) is 0 Å². The molecule has 0 aromatic heterocycles. The summed E-state index contributed by atoms with van der Waals surface area (Å²) in [5.41, 5.74) is 6.97. The number of hydrogen-bond acceptors (Lipinski definition) is 2. The van der Waals surface area contributed by atoms with Crippen molar-refractivity contribution in [3.8, 4) is 5.75 Å². The van der Waals surface area contributed by atoms with E-state index in [-0.39, 0.29) is 0 Å². The number of ether oxygens (including phenoxy) is 1. The van der Waals surface area contributed by atoms with Crippen LogP contribution >= 0.6 is 15.9 Å². The normalized spacial score (nSPS) is 21.5. The molecule has 76 valence electrons. The molecule has 0 saturated heterocycles. The SMILES string of the molecule is CC(CN)C1COc2cc(Br)ccc21. The molecule has 14 heavy (non-hydrogen) atoms. The molecule has 0 saturated carbocycles. The van der Waals surface area contributed by atoms with E-state index in [1.165, 1.54) is 5.56 Å². The highest BCUT2D eigenvalue weighted by Gasteiger charge is 2.27. The molecule has 2 unspecified atom stereocenters. The maximum atomic E-state index is 5.67. The molecule has 2 nitrogen and oxygen atoms in total. The van der Waals surface area contributed by atoms with Crippen molar-refractivity contribution in [2.45, 2.75) is 12.8 Å². The van der Waals surface area contributed by atoms with Gasteiger partial charge in [0.15, 0.2) is 0 Å². The van der Waals surface area contributed by atoms with Crippen molar-refractivity contribution in [2.24, 2.45) is 11.7 Å². The van der Waals surface area contributed by atoms with E-state index < -0.39 is 0 Å². The lowest BCUT2D eigenvalue weighted by atomic mass is 9.89. The van der Waals surface area contributed by atoms with Gasteiger partial charge in [-0.15, -0.1) is 0 Å². The van der Waals surface area contributed by atoms with Crippen molar-refractivity contribution in [2.75, 3.05) is 13.2 Å². The molecule has 3 heteroatoms. The van der Waals surface area contributed by atoms with Crippen LogP contribution in [0.15, 0.2) is 22.7 Å². The van der Waals surface area contributed by atoms with Crippen LogP contribution in [0.5, 0.6) is 5.75 Å². The second-order valence-electron chi connectivity index (χ2n) is 3.81. The van der Waals surface area contributed by atoms with Gasteiger partial charge >= 0.3 is 0 Å². The Hall–Kier alpha value is -0.540. The van der Waals surface area contributed by atoms with Crippen LogP contribution in [0.1, 0.15) is 18.4 Å². The molecule has 0 spiro atoms. The number of hydrogen-bond donors (Lipinski definition) is 1. The maximum absolute atomic E-state index is 5.67. The molecule has 1 aromatic rings. The zero-order valence-electron chi connectivity index (χ0n) is 8.16. The molecule has 2 atom stereocenters. The summed E-state index contributed by atoms with van der Waals surface area (Å²) in [5, 5.41) is 0. The van der Waals surface area contributed by atoms with E-state index in [1.807, 2.05) is 6.07 Å². The molecule has 2 rings (SSSR count). The molecule has 2 N–H and O–H groups in total. The molecule has 0 aliphatic carbocycles. The molecular formula is C11H14BrNO.